The number of aryl methyl sites for hydroxylation is 1. The zero-order valence-electron chi connectivity index (χ0n) is 36.0. The fourth-order valence-corrected chi connectivity index (χ4v) is 9.01. The number of rotatable bonds is 15. The van der Waals surface area contributed by atoms with Crippen molar-refractivity contribution in [2.75, 3.05) is 25.1 Å². The standard InChI is InChI=1S/C42H56ClN5O11S2/c1-10-23(2)34(47-39(51)58-41(4,5)6)38(50)57-32-16-25(15-27(32)21-56-61(53,54)48-40(52)59-42(7,8)9)19-45-37-31(20-44-22-46-37)35(49)33-18-29(24(3)60-33)36-30-17-28(43)12-11-26(30)13-14-55-36/h11-12,17-18,20,22-23,25,27,32,34,36H,10,13-16,19,21H2,1-9H3,(H,47,51)(H,48,52)(H,44,45,46)/t23-,25+,27+,32-,34-,36-/m0/s1. The minimum absolute atomic E-state index is 0.238. The van der Waals surface area contributed by atoms with Gasteiger partial charge in [-0.05, 0) is 114 Å². The first-order chi connectivity index (χ1) is 28.5. The van der Waals surface area contributed by atoms with Crippen LogP contribution in [-0.4, -0.2) is 85.4 Å². The van der Waals surface area contributed by atoms with Gasteiger partial charge in [-0.1, -0.05) is 37.9 Å². The Balaban J connectivity index is 1.32. The molecule has 0 saturated heterocycles. The number of benzene rings is 1. The monoisotopic (exact) mass is 905 g/mol. The van der Waals surface area contributed by atoms with Crippen LogP contribution in [0.3, 0.4) is 0 Å². The van der Waals surface area contributed by atoms with Crippen molar-refractivity contribution in [2.24, 2.45) is 17.8 Å². The van der Waals surface area contributed by atoms with Gasteiger partial charge >= 0.3 is 28.5 Å². The Labute approximate surface area is 366 Å². The van der Waals surface area contributed by atoms with Gasteiger partial charge in [0.15, 0.2) is 0 Å². The highest BCUT2D eigenvalue weighted by Gasteiger charge is 2.41. The van der Waals surface area contributed by atoms with Gasteiger partial charge in [0.1, 0.15) is 41.6 Å². The Bertz CT molecular complexity index is 2190. The molecule has 0 spiro atoms. The van der Waals surface area contributed by atoms with Gasteiger partial charge in [-0.2, -0.15) is 13.1 Å². The molecule has 1 fully saturated rings. The second-order valence-corrected chi connectivity index (χ2v) is 20.4. The van der Waals surface area contributed by atoms with Gasteiger partial charge in [-0.15, -0.1) is 11.3 Å². The number of amides is 2. The van der Waals surface area contributed by atoms with E-state index in [9.17, 15) is 27.6 Å². The van der Waals surface area contributed by atoms with E-state index in [0.29, 0.717) is 29.3 Å². The van der Waals surface area contributed by atoms with E-state index in [1.807, 2.05) is 38.1 Å². The van der Waals surface area contributed by atoms with Crippen molar-refractivity contribution in [2.45, 2.75) is 117 Å². The number of ether oxygens (including phenoxy) is 4. The van der Waals surface area contributed by atoms with Crippen LogP contribution in [0, 0.1) is 24.7 Å². The van der Waals surface area contributed by atoms with Gasteiger partial charge in [-0.25, -0.2) is 24.4 Å². The lowest BCUT2D eigenvalue weighted by Crippen LogP contribution is -2.48. The van der Waals surface area contributed by atoms with Gasteiger partial charge in [-0.3, -0.25) is 8.98 Å². The number of thiophene rings is 1. The van der Waals surface area contributed by atoms with Crippen molar-refractivity contribution in [1.82, 2.24) is 20.0 Å². The van der Waals surface area contributed by atoms with E-state index in [2.05, 4.69) is 20.6 Å². The summed E-state index contributed by atoms with van der Waals surface area (Å²) in [6.07, 6.45) is 1.41. The molecule has 2 aromatic heterocycles. The van der Waals surface area contributed by atoms with Crippen molar-refractivity contribution in [3.8, 4) is 0 Å². The topological polar surface area (TPSA) is 210 Å². The first-order valence-corrected chi connectivity index (χ1v) is 22.8. The number of nitrogens with one attached hydrogen (secondary N) is 3. The molecular weight excluding hydrogens is 850 g/mol. The quantitative estimate of drug-likeness (QED) is 0.0768. The maximum atomic E-state index is 14.1. The Morgan fingerprint density at radius 2 is 1.72 bits per heavy atom. The first kappa shape index (κ1) is 47.7. The molecule has 2 amide bonds. The molecule has 2 aliphatic rings. The van der Waals surface area contributed by atoms with Gasteiger partial charge in [0.25, 0.3) is 0 Å². The van der Waals surface area contributed by atoms with Crippen molar-refractivity contribution in [3.63, 3.8) is 0 Å². The molecule has 19 heteroatoms. The first-order valence-electron chi connectivity index (χ1n) is 20.2. The Morgan fingerprint density at radius 3 is 2.41 bits per heavy atom. The van der Waals surface area contributed by atoms with Crippen molar-refractivity contribution in [3.05, 3.63) is 73.8 Å². The van der Waals surface area contributed by atoms with Crippen LogP contribution >= 0.6 is 22.9 Å². The average molecular weight is 907 g/mol. The number of ketones is 1. The molecule has 3 N–H and O–H groups in total. The summed E-state index contributed by atoms with van der Waals surface area (Å²) >= 11 is 7.70. The number of esters is 1. The predicted molar refractivity (Wildman–Crippen MR) is 229 cm³/mol. The number of hydrogen-bond acceptors (Lipinski definition) is 15. The summed E-state index contributed by atoms with van der Waals surface area (Å²) in [6.45, 7) is 15.8. The maximum Gasteiger partial charge on any atom is 0.423 e. The fourth-order valence-electron chi connectivity index (χ4n) is 7.17. The zero-order chi connectivity index (χ0) is 44.9. The van der Waals surface area contributed by atoms with E-state index >= 15 is 0 Å². The lowest BCUT2D eigenvalue weighted by Gasteiger charge is -2.28. The van der Waals surface area contributed by atoms with Crippen LogP contribution in [0.1, 0.15) is 118 Å². The molecule has 6 atom stereocenters. The minimum Gasteiger partial charge on any atom is -0.460 e. The molecule has 334 valence electrons. The van der Waals surface area contributed by atoms with E-state index in [-0.39, 0.29) is 48.1 Å². The van der Waals surface area contributed by atoms with Crippen LogP contribution in [0.15, 0.2) is 36.8 Å². The van der Waals surface area contributed by atoms with Crippen LogP contribution in [-0.2, 0) is 44.7 Å². The molecule has 0 radical (unpaired) electrons. The summed E-state index contributed by atoms with van der Waals surface area (Å²) in [5.74, 6) is -1.96. The Kier molecular flexibility index (Phi) is 15.5. The second kappa shape index (κ2) is 19.8. The van der Waals surface area contributed by atoms with Gasteiger partial charge in [0.05, 0.1) is 23.7 Å². The van der Waals surface area contributed by atoms with Crippen LogP contribution in [0.25, 0.3) is 0 Å². The summed E-state index contributed by atoms with van der Waals surface area (Å²) in [7, 11) is -4.62. The molecule has 5 rings (SSSR count). The smallest absolute Gasteiger partial charge is 0.423 e. The maximum absolute atomic E-state index is 14.1. The number of hydrogen-bond donors (Lipinski definition) is 3. The SMILES string of the molecule is CC[C@H](C)[C@H](NC(=O)OC(C)(C)C)C(=O)O[C@H]1C[C@H](CNc2ncncc2C(=O)c2cc([C@@H]3OCCc4ccc(Cl)cc43)c(C)s2)C[C@@H]1COS(=O)(=O)NC(=O)OC(C)(C)C. The van der Waals surface area contributed by atoms with Crippen LogP contribution in [0.5, 0.6) is 0 Å². The molecule has 3 heterocycles. The number of alkyl carbamates (subject to hydrolysis) is 1. The molecule has 1 saturated carbocycles. The summed E-state index contributed by atoms with van der Waals surface area (Å²) < 4.78 is 55.3. The molecule has 1 aromatic carbocycles. The fraction of sp³-hybridized carbons (Fsp3) is 0.571. The Morgan fingerprint density at radius 1 is 1.02 bits per heavy atom. The number of anilines is 1. The Hall–Kier alpha value is -4.36. The van der Waals surface area contributed by atoms with E-state index in [1.54, 1.807) is 53.2 Å². The third-order valence-electron chi connectivity index (χ3n) is 10.2. The summed E-state index contributed by atoms with van der Waals surface area (Å²) in [5.41, 5.74) is 1.46. The zero-order valence-corrected chi connectivity index (χ0v) is 38.3. The van der Waals surface area contributed by atoms with Crippen LogP contribution < -0.4 is 15.4 Å². The molecule has 1 aliphatic heterocycles. The van der Waals surface area contributed by atoms with Gasteiger partial charge in [0, 0.05) is 28.6 Å². The molecule has 0 bridgehead atoms. The van der Waals surface area contributed by atoms with E-state index in [4.69, 9.17) is 34.7 Å². The summed E-state index contributed by atoms with van der Waals surface area (Å²) in [5, 5.41) is 6.51. The summed E-state index contributed by atoms with van der Waals surface area (Å²) in [6, 6.07) is 6.55. The lowest BCUT2D eigenvalue weighted by atomic mass is 9.93. The molecular formula is C42H56ClN5O11S2. The number of fused-ring (bicyclic) bond motifs is 1. The van der Waals surface area contributed by atoms with Crippen molar-refractivity contribution in [1.29, 1.82) is 0 Å². The molecule has 16 nitrogen and oxygen atoms in total. The van der Waals surface area contributed by atoms with E-state index < -0.39 is 64.3 Å². The number of carbonyl (C=O) groups is 4. The van der Waals surface area contributed by atoms with E-state index in [1.165, 1.54) is 23.9 Å². The average Bonchev–Trinajstić information content (AvgIpc) is 3.74. The number of carbonyl (C=O) groups excluding carboxylic acids is 4. The second-order valence-electron chi connectivity index (χ2n) is 17.4. The number of nitrogens with zero attached hydrogens (tertiary/aromatic N) is 2. The highest BCUT2D eigenvalue weighted by Crippen LogP contribution is 2.40. The highest BCUT2D eigenvalue weighted by molar-refractivity contribution is 7.85. The molecule has 61 heavy (non-hydrogen) atoms. The van der Waals surface area contributed by atoms with Crippen molar-refractivity contribution >= 4 is 63.0 Å². The minimum atomic E-state index is -4.62. The largest absolute Gasteiger partial charge is 0.460 e. The van der Waals surface area contributed by atoms with Crippen LogP contribution in [0.2, 0.25) is 5.02 Å². The van der Waals surface area contributed by atoms with E-state index in [0.717, 1.165) is 28.0 Å². The number of halogens is 1. The van der Waals surface area contributed by atoms with Gasteiger partial charge < -0.3 is 29.6 Å². The third-order valence-corrected chi connectivity index (χ3v) is 12.4. The molecule has 0 unspecified atom stereocenters. The third kappa shape index (κ3) is 13.3. The summed E-state index contributed by atoms with van der Waals surface area (Å²) in [4.78, 5) is 62.8. The molecule has 1 aliphatic carbocycles. The normalized spacial score (nSPS) is 20.2. The van der Waals surface area contributed by atoms with Gasteiger partial charge in [0.2, 0.25) is 5.78 Å². The van der Waals surface area contributed by atoms with Crippen molar-refractivity contribution < 1.29 is 50.7 Å². The van der Waals surface area contributed by atoms with Crippen LogP contribution in [0.4, 0.5) is 15.4 Å². The molecule has 3 aromatic rings. The number of aromatic nitrogens is 2. The predicted octanol–water partition coefficient (Wildman–Crippen LogP) is 7.47. The lowest BCUT2D eigenvalue weighted by molar-refractivity contribution is -0.155. The highest BCUT2D eigenvalue weighted by atomic mass is 35.5.